The van der Waals surface area contributed by atoms with E-state index in [4.69, 9.17) is 5.11 Å². The summed E-state index contributed by atoms with van der Waals surface area (Å²) in [6, 6.07) is -0.0745. The monoisotopic (exact) mass is 200 g/mol. The van der Waals surface area contributed by atoms with Crippen molar-refractivity contribution in [2.24, 2.45) is 5.41 Å². The van der Waals surface area contributed by atoms with Crippen molar-refractivity contribution in [2.75, 3.05) is 19.7 Å². The van der Waals surface area contributed by atoms with Crippen molar-refractivity contribution in [1.29, 1.82) is 0 Å². The average Bonchev–Trinajstić information content (AvgIpc) is 2.17. The molecule has 1 amide bonds. The third kappa shape index (κ3) is 3.27. The SMILES string of the molecule is CC(C)(CO)CNC1CCCNC1=O. The lowest BCUT2D eigenvalue weighted by molar-refractivity contribution is -0.124. The molecule has 1 aliphatic heterocycles. The van der Waals surface area contributed by atoms with E-state index in [1.807, 2.05) is 13.8 Å². The number of hydrogen-bond donors (Lipinski definition) is 3. The lowest BCUT2D eigenvalue weighted by atomic mass is 9.94. The quantitative estimate of drug-likeness (QED) is 0.592. The first kappa shape index (κ1) is 11.5. The maximum atomic E-state index is 11.4. The minimum Gasteiger partial charge on any atom is -0.396 e. The molecule has 4 heteroatoms. The van der Waals surface area contributed by atoms with Gasteiger partial charge in [-0.1, -0.05) is 13.8 Å². The van der Waals surface area contributed by atoms with Crippen LogP contribution in [0.1, 0.15) is 26.7 Å². The molecule has 0 bridgehead atoms. The molecule has 0 aliphatic carbocycles. The van der Waals surface area contributed by atoms with Gasteiger partial charge >= 0.3 is 0 Å². The minimum absolute atomic E-state index is 0.0745. The van der Waals surface area contributed by atoms with Crippen LogP contribution in [0.5, 0.6) is 0 Å². The van der Waals surface area contributed by atoms with Crippen LogP contribution in [-0.2, 0) is 4.79 Å². The smallest absolute Gasteiger partial charge is 0.237 e. The second-order valence-electron chi connectivity index (χ2n) is 4.69. The van der Waals surface area contributed by atoms with Crippen LogP contribution < -0.4 is 10.6 Å². The van der Waals surface area contributed by atoms with Crippen molar-refractivity contribution < 1.29 is 9.90 Å². The number of amides is 1. The van der Waals surface area contributed by atoms with E-state index in [2.05, 4.69) is 10.6 Å². The average molecular weight is 200 g/mol. The highest BCUT2D eigenvalue weighted by molar-refractivity contribution is 5.82. The first-order valence-corrected chi connectivity index (χ1v) is 5.17. The standard InChI is InChI=1S/C10H20N2O2/c1-10(2,7-13)6-12-8-4-3-5-11-9(8)14/h8,12-13H,3-7H2,1-2H3,(H,11,14). The van der Waals surface area contributed by atoms with Crippen molar-refractivity contribution in [2.45, 2.75) is 32.7 Å². The number of carbonyl (C=O) groups excluding carboxylic acids is 1. The van der Waals surface area contributed by atoms with Crippen LogP contribution in [0.4, 0.5) is 0 Å². The van der Waals surface area contributed by atoms with Crippen LogP contribution in [0.15, 0.2) is 0 Å². The third-order valence-corrected chi connectivity index (χ3v) is 2.54. The third-order valence-electron chi connectivity index (χ3n) is 2.54. The summed E-state index contributed by atoms with van der Waals surface area (Å²) in [4.78, 5) is 11.4. The van der Waals surface area contributed by atoms with Gasteiger partial charge in [0.05, 0.1) is 6.04 Å². The van der Waals surface area contributed by atoms with Gasteiger partial charge in [-0.25, -0.2) is 0 Å². The van der Waals surface area contributed by atoms with E-state index in [1.165, 1.54) is 0 Å². The van der Waals surface area contributed by atoms with Gasteiger partial charge < -0.3 is 15.7 Å². The van der Waals surface area contributed by atoms with Gasteiger partial charge in [0.1, 0.15) is 0 Å². The zero-order valence-electron chi connectivity index (χ0n) is 8.97. The number of aliphatic hydroxyl groups excluding tert-OH is 1. The first-order chi connectivity index (χ1) is 6.55. The zero-order chi connectivity index (χ0) is 10.6. The van der Waals surface area contributed by atoms with Crippen LogP contribution in [0.3, 0.4) is 0 Å². The van der Waals surface area contributed by atoms with Gasteiger partial charge in [0.2, 0.25) is 5.91 Å². The molecule has 1 saturated heterocycles. The molecule has 0 saturated carbocycles. The van der Waals surface area contributed by atoms with Crippen LogP contribution in [-0.4, -0.2) is 36.8 Å². The zero-order valence-corrected chi connectivity index (χ0v) is 8.97. The molecular weight excluding hydrogens is 180 g/mol. The number of piperidine rings is 1. The summed E-state index contributed by atoms with van der Waals surface area (Å²) in [6.07, 6.45) is 1.93. The van der Waals surface area contributed by atoms with E-state index < -0.39 is 0 Å². The molecule has 1 unspecified atom stereocenters. The van der Waals surface area contributed by atoms with Crippen molar-refractivity contribution in [3.05, 3.63) is 0 Å². The molecule has 0 aromatic carbocycles. The van der Waals surface area contributed by atoms with Gasteiger partial charge in [-0.2, -0.15) is 0 Å². The van der Waals surface area contributed by atoms with E-state index in [0.717, 1.165) is 19.4 Å². The first-order valence-electron chi connectivity index (χ1n) is 5.17. The molecule has 1 aliphatic rings. The predicted octanol–water partition coefficient (Wildman–Crippen LogP) is -0.127. The summed E-state index contributed by atoms with van der Waals surface area (Å²) in [5, 5.41) is 15.1. The molecule has 1 heterocycles. The van der Waals surface area contributed by atoms with Gasteiger partial charge in [-0.05, 0) is 12.8 Å². The van der Waals surface area contributed by atoms with Crippen LogP contribution >= 0.6 is 0 Å². The predicted molar refractivity (Wildman–Crippen MR) is 54.9 cm³/mol. The highest BCUT2D eigenvalue weighted by Crippen LogP contribution is 2.13. The van der Waals surface area contributed by atoms with Crippen molar-refractivity contribution in [1.82, 2.24) is 10.6 Å². The highest BCUT2D eigenvalue weighted by Gasteiger charge is 2.24. The maximum Gasteiger partial charge on any atom is 0.237 e. The van der Waals surface area contributed by atoms with Crippen LogP contribution in [0.2, 0.25) is 0 Å². The molecule has 82 valence electrons. The molecule has 4 nitrogen and oxygen atoms in total. The minimum atomic E-state index is -0.155. The lowest BCUT2D eigenvalue weighted by Crippen LogP contribution is -2.50. The second-order valence-corrected chi connectivity index (χ2v) is 4.69. The lowest BCUT2D eigenvalue weighted by Gasteiger charge is -2.28. The summed E-state index contributed by atoms with van der Waals surface area (Å²) in [5.74, 6) is 0.0880. The summed E-state index contributed by atoms with van der Waals surface area (Å²) in [5.41, 5.74) is -0.155. The molecule has 1 fully saturated rings. The van der Waals surface area contributed by atoms with Gasteiger partial charge in [0.25, 0.3) is 0 Å². The maximum absolute atomic E-state index is 11.4. The van der Waals surface area contributed by atoms with Crippen LogP contribution in [0, 0.1) is 5.41 Å². The molecule has 1 atom stereocenters. The Hall–Kier alpha value is -0.610. The number of nitrogens with one attached hydrogen (secondary N) is 2. The van der Waals surface area contributed by atoms with Gasteiger partial charge in [-0.3, -0.25) is 4.79 Å². The molecule has 0 radical (unpaired) electrons. The Morgan fingerprint density at radius 2 is 2.36 bits per heavy atom. The fraction of sp³-hybridized carbons (Fsp3) is 0.900. The van der Waals surface area contributed by atoms with Gasteiger partial charge in [0, 0.05) is 25.1 Å². The Labute approximate surface area is 85.1 Å². The Kier molecular flexibility index (Phi) is 3.89. The fourth-order valence-corrected chi connectivity index (χ4v) is 1.42. The van der Waals surface area contributed by atoms with Crippen molar-refractivity contribution in [3.8, 4) is 0 Å². The summed E-state index contributed by atoms with van der Waals surface area (Å²) < 4.78 is 0. The van der Waals surface area contributed by atoms with E-state index in [0.29, 0.717) is 6.54 Å². The fourth-order valence-electron chi connectivity index (χ4n) is 1.42. The van der Waals surface area contributed by atoms with Gasteiger partial charge in [0.15, 0.2) is 0 Å². The molecule has 1 rings (SSSR count). The van der Waals surface area contributed by atoms with E-state index in [9.17, 15) is 4.79 Å². The van der Waals surface area contributed by atoms with Crippen LogP contribution in [0.25, 0.3) is 0 Å². The van der Waals surface area contributed by atoms with Crippen molar-refractivity contribution in [3.63, 3.8) is 0 Å². The highest BCUT2D eigenvalue weighted by atomic mass is 16.3. The largest absolute Gasteiger partial charge is 0.396 e. The summed E-state index contributed by atoms with van der Waals surface area (Å²) in [7, 11) is 0. The normalized spacial score (nSPS) is 23.4. The molecule has 0 spiro atoms. The van der Waals surface area contributed by atoms with E-state index in [-0.39, 0.29) is 24.0 Å². The van der Waals surface area contributed by atoms with E-state index >= 15 is 0 Å². The number of carbonyl (C=O) groups is 1. The number of rotatable bonds is 4. The second kappa shape index (κ2) is 4.75. The van der Waals surface area contributed by atoms with Crippen molar-refractivity contribution >= 4 is 5.91 Å². The van der Waals surface area contributed by atoms with Gasteiger partial charge in [-0.15, -0.1) is 0 Å². The summed E-state index contributed by atoms with van der Waals surface area (Å²) in [6.45, 7) is 5.54. The molecule has 14 heavy (non-hydrogen) atoms. The Balaban J connectivity index is 2.33. The molecular formula is C10H20N2O2. The molecule has 0 aromatic rings. The number of hydrogen-bond acceptors (Lipinski definition) is 3. The molecule has 3 N–H and O–H groups in total. The molecule has 0 aromatic heterocycles. The Bertz CT molecular complexity index is 204. The Morgan fingerprint density at radius 3 is 2.93 bits per heavy atom. The number of aliphatic hydroxyl groups is 1. The van der Waals surface area contributed by atoms with E-state index in [1.54, 1.807) is 0 Å². The summed E-state index contributed by atoms with van der Waals surface area (Å²) >= 11 is 0. The topological polar surface area (TPSA) is 61.4 Å². The Morgan fingerprint density at radius 1 is 1.64 bits per heavy atom.